The third-order valence-electron chi connectivity index (χ3n) is 6.81. The normalized spacial score (nSPS) is 14.7. The number of amides is 1. The number of hydrogen-bond donors (Lipinski definition) is 1. The average Bonchev–Trinajstić information content (AvgIpc) is 3.33. The molecule has 3 aromatic rings. The van der Waals surface area contributed by atoms with Crippen LogP contribution >= 0.6 is 0 Å². The van der Waals surface area contributed by atoms with E-state index in [0.29, 0.717) is 23.6 Å². The number of carbonyl (C=O) groups excluding carboxylic acids is 1. The van der Waals surface area contributed by atoms with Gasteiger partial charge in [0.15, 0.2) is 11.5 Å². The Morgan fingerprint density at radius 2 is 1.60 bits per heavy atom. The van der Waals surface area contributed by atoms with Crippen LogP contribution in [0.4, 0.5) is 0 Å². The Balaban J connectivity index is 1.87. The molecule has 0 aliphatic carbocycles. The largest absolute Gasteiger partial charge is 0.488 e. The summed E-state index contributed by atoms with van der Waals surface area (Å²) in [5.74, 6) is 1.74. The van der Waals surface area contributed by atoms with Gasteiger partial charge in [0.25, 0.3) is 5.91 Å². The first-order chi connectivity index (χ1) is 19.8. The number of nitrogens with zero attached hydrogens (tertiary/aromatic N) is 2. The summed E-state index contributed by atoms with van der Waals surface area (Å²) < 4.78 is 24.4. The Kier molecular flexibility index (Phi) is 9.68. The maximum Gasteiger partial charge on any atom is 0.274 e. The number of hydrogen-bond acceptors (Lipinski definition) is 7. The van der Waals surface area contributed by atoms with E-state index in [0.717, 1.165) is 55.3 Å². The van der Waals surface area contributed by atoms with Crippen LogP contribution in [-0.4, -0.2) is 60.0 Å². The maximum absolute atomic E-state index is 13.2. The van der Waals surface area contributed by atoms with Gasteiger partial charge in [-0.15, -0.1) is 0 Å². The molecule has 42 heavy (non-hydrogen) atoms. The van der Waals surface area contributed by atoms with Gasteiger partial charge in [-0.1, -0.05) is 43.3 Å². The molecular weight excluding hydrogens is 530 g/mol. The van der Waals surface area contributed by atoms with Crippen LogP contribution < -0.4 is 14.8 Å². The van der Waals surface area contributed by atoms with Gasteiger partial charge < -0.3 is 24.1 Å². The van der Waals surface area contributed by atoms with E-state index >= 15 is 0 Å². The molecule has 8 heteroatoms. The van der Waals surface area contributed by atoms with Crippen molar-refractivity contribution in [2.45, 2.75) is 86.0 Å². The molecule has 4 rings (SSSR count). The Morgan fingerprint density at radius 1 is 0.976 bits per heavy atom. The van der Waals surface area contributed by atoms with Gasteiger partial charge in [0.2, 0.25) is 0 Å². The van der Waals surface area contributed by atoms with E-state index in [1.165, 1.54) is 5.56 Å². The lowest BCUT2D eigenvalue weighted by molar-refractivity contribution is 0.0342. The number of aromatic nitrogens is 1. The van der Waals surface area contributed by atoms with Crippen LogP contribution in [0.2, 0.25) is 0 Å². The molecule has 0 saturated carbocycles. The van der Waals surface area contributed by atoms with E-state index in [1.54, 1.807) is 0 Å². The van der Waals surface area contributed by atoms with Crippen molar-refractivity contribution in [1.29, 1.82) is 0 Å². The highest BCUT2D eigenvalue weighted by Crippen LogP contribution is 2.45. The second-order valence-corrected chi connectivity index (χ2v) is 13.1. The van der Waals surface area contributed by atoms with Crippen LogP contribution in [0, 0.1) is 0 Å². The second-order valence-electron chi connectivity index (χ2n) is 13.1. The summed E-state index contributed by atoms with van der Waals surface area (Å²) in [4.78, 5) is 15.6. The molecule has 228 valence electrons. The summed E-state index contributed by atoms with van der Waals surface area (Å²) in [5.41, 5.74) is 3.79. The van der Waals surface area contributed by atoms with Gasteiger partial charge in [-0.25, -0.2) is 0 Å². The number of nitrogens with one attached hydrogen (secondary N) is 1. The molecule has 0 spiro atoms. The van der Waals surface area contributed by atoms with E-state index in [4.69, 9.17) is 18.7 Å². The van der Waals surface area contributed by atoms with Gasteiger partial charge in [0.1, 0.15) is 22.7 Å². The van der Waals surface area contributed by atoms with Gasteiger partial charge in [0, 0.05) is 32.2 Å². The summed E-state index contributed by atoms with van der Waals surface area (Å²) >= 11 is 0. The van der Waals surface area contributed by atoms with E-state index in [2.05, 4.69) is 47.4 Å². The fraction of sp³-hybridized carbons (Fsp3) is 0.529. The summed E-state index contributed by atoms with van der Waals surface area (Å²) in [6.07, 6.45) is 0. The summed E-state index contributed by atoms with van der Waals surface area (Å²) in [6, 6.07) is 12.3. The lowest BCUT2D eigenvalue weighted by Crippen LogP contribution is -2.35. The van der Waals surface area contributed by atoms with Crippen molar-refractivity contribution in [2.24, 2.45) is 0 Å². The Hall–Kier alpha value is -3.36. The standard InChI is InChI=1S/C34H47N3O5/c1-10-35-32(38)30-29(24-13-11-23(12-14-24)21-37-15-17-39-18-16-37)31(42-36-30)26-19-25(22(2)3)27(40-33(4,5)6)20-28(26)41-34(7,8)9/h11-14,19-20,22H,10,15-18,21H2,1-9H3,(H,35,38). The van der Waals surface area contributed by atoms with Crippen LogP contribution in [0.3, 0.4) is 0 Å². The zero-order valence-electron chi connectivity index (χ0n) is 26.7. The Labute approximate surface area is 250 Å². The summed E-state index contributed by atoms with van der Waals surface area (Å²) in [6.45, 7) is 23.0. The molecule has 2 aromatic carbocycles. The zero-order valence-corrected chi connectivity index (χ0v) is 26.7. The molecule has 0 radical (unpaired) electrons. The van der Waals surface area contributed by atoms with E-state index < -0.39 is 11.2 Å². The average molecular weight is 578 g/mol. The monoisotopic (exact) mass is 577 g/mol. The molecule has 1 aliphatic heterocycles. The van der Waals surface area contributed by atoms with Gasteiger partial charge in [0.05, 0.1) is 24.3 Å². The fourth-order valence-corrected chi connectivity index (χ4v) is 4.97. The van der Waals surface area contributed by atoms with E-state index in [9.17, 15) is 4.79 Å². The molecule has 0 bridgehead atoms. The molecular formula is C34H47N3O5. The van der Waals surface area contributed by atoms with Crippen molar-refractivity contribution < 1.29 is 23.5 Å². The predicted molar refractivity (Wildman–Crippen MR) is 166 cm³/mol. The Bertz CT molecular complexity index is 1360. The van der Waals surface area contributed by atoms with Gasteiger partial charge in [-0.05, 0) is 77.1 Å². The highest BCUT2D eigenvalue weighted by atomic mass is 16.5. The summed E-state index contributed by atoms with van der Waals surface area (Å²) in [5, 5.41) is 7.19. The second kappa shape index (κ2) is 12.9. The van der Waals surface area contributed by atoms with Crippen LogP contribution in [0.5, 0.6) is 11.5 Å². The molecule has 1 saturated heterocycles. The molecule has 1 amide bonds. The molecule has 1 N–H and O–H groups in total. The van der Waals surface area contributed by atoms with Gasteiger partial charge in [-0.2, -0.15) is 0 Å². The topological polar surface area (TPSA) is 86.1 Å². The number of morpholine rings is 1. The van der Waals surface area contributed by atoms with Gasteiger partial charge in [-0.3, -0.25) is 9.69 Å². The molecule has 0 atom stereocenters. The number of carbonyl (C=O) groups is 1. The number of ether oxygens (including phenoxy) is 3. The van der Waals surface area contributed by atoms with Crippen molar-refractivity contribution in [3.05, 3.63) is 53.2 Å². The predicted octanol–water partition coefficient (Wildman–Crippen LogP) is 7.07. The first kappa shape index (κ1) is 31.6. The minimum Gasteiger partial charge on any atom is -0.488 e. The number of benzene rings is 2. The smallest absolute Gasteiger partial charge is 0.274 e. The van der Waals surface area contributed by atoms with Crippen molar-refractivity contribution in [2.75, 3.05) is 32.8 Å². The lowest BCUT2D eigenvalue weighted by Gasteiger charge is -2.28. The van der Waals surface area contributed by atoms with Crippen LogP contribution in [0.1, 0.15) is 89.8 Å². The number of rotatable bonds is 9. The van der Waals surface area contributed by atoms with Crippen molar-refractivity contribution in [1.82, 2.24) is 15.4 Å². The molecule has 2 heterocycles. The third kappa shape index (κ3) is 7.92. The minimum atomic E-state index is -0.489. The molecule has 1 aliphatic rings. The Morgan fingerprint density at radius 3 is 2.17 bits per heavy atom. The lowest BCUT2D eigenvalue weighted by atomic mass is 9.93. The van der Waals surface area contributed by atoms with Crippen LogP contribution in [-0.2, 0) is 11.3 Å². The van der Waals surface area contributed by atoms with Crippen molar-refractivity contribution in [3.63, 3.8) is 0 Å². The van der Waals surface area contributed by atoms with Gasteiger partial charge >= 0.3 is 0 Å². The summed E-state index contributed by atoms with van der Waals surface area (Å²) in [7, 11) is 0. The van der Waals surface area contributed by atoms with E-state index in [-0.39, 0.29) is 17.5 Å². The van der Waals surface area contributed by atoms with Crippen molar-refractivity contribution in [3.8, 4) is 33.9 Å². The highest BCUT2D eigenvalue weighted by molar-refractivity contribution is 6.02. The molecule has 8 nitrogen and oxygen atoms in total. The first-order valence-corrected chi connectivity index (χ1v) is 15.0. The quantitative estimate of drug-likeness (QED) is 0.291. The zero-order chi connectivity index (χ0) is 30.7. The van der Waals surface area contributed by atoms with Crippen LogP contribution in [0.25, 0.3) is 22.5 Å². The molecule has 0 unspecified atom stereocenters. The van der Waals surface area contributed by atoms with E-state index in [1.807, 2.05) is 66.7 Å². The first-order valence-electron chi connectivity index (χ1n) is 15.0. The third-order valence-corrected chi connectivity index (χ3v) is 6.81. The SMILES string of the molecule is CCNC(=O)c1noc(-c2cc(C(C)C)c(OC(C)(C)C)cc2OC(C)(C)C)c1-c1ccc(CN2CCOCC2)cc1. The minimum absolute atomic E-state index is 0.165. The molecule has 1 fully saturated rings. The fourth-order valence-electron chi connectivity index (χ4n) is 4.97. The van der Waals surface area contributed by atoms with Crippen molar-refractivity contribution >= 4 is 5.91 Å². The highest BCUT2D eigenvalue weighted by Gasteiger charge is 2.30. The maximum atomic E-state index is 13.2. The van der Waals surface area contributed by atoms with Crippen LogP contribution in [0.15, 0.2) is 40.9 Å². The molecule has 1 aromatic heterocycles.